The van der Waals surface area contributed by atoms with Crippen molar-refractivity contribution in [3.63, 3.8) is 0 Å². The summed E-state index contributed by atoms with van der Waals surface area (Å²) in [5.41, 5.74) is 2.88. The van der Waals surface area contributed by atoms with Crippen LogP contribution >= 0.6 is 15.9 Å². The van der Waals surface area contributed by atoms with E-state index in [-0.39, 0.29) is 36.0 Å². The highest BCUT2D eigenvalue weighted by Gasteiger charge is 2.33. The predicted molar refractivity (Wildman–Crippen MR) is 211 cm³/mol. The van der Waals surface area contributed by atoms with Gasteiger partial charge in [0.05, 0.1) is 35.8 Å². The SMILES string of the molecule is COc1cc2c(cc1O)C=C(C(=O)OCCS(C)(=O)=O)C(C(=O)OCCS(C)(=O)=O)=CN(Cc1cc3c(cc1Br)OCO3)C2c1ccc(CN2CCCC2)cc1. The van der Waals surface area contributed by atoms with Crippen LogP contribution in [0.2, 0.25) is 0 Å². The maximum Gasteiger partial charge on any atom is 0.340 e. The van der Waals surface area contributed by atoms with Crippen LogP contribution < -0.4 is 14.2 Å². The summed E-state index contributed by atoms with van der Waals surface area (Å²) in [5.74, 6) is -2.08. The number of phenols is 1. The lowest BCUT2D eigenvalue weighted by Crippen LogP contribution is -2.30. The molecule has 3 aromatic rings. The number of phenolic OH excluding ortho intramolecular Hbond substituents is 1. The van der Waals surface area contributed by atoms with E-state index in [9.17, 15) is 31.5 Å². The monoisotopic (exact) mass is 874 g/mol. The van der Waals surface area contributed by atoms with E-state index in [0.717, 1.165) is 56.1 Å². The van der Waals surface area contributed by atoms with Gasteiger partial charge in [-0.1, -0.05) is 40.2 Å². The fourth-order valence-corrected chi connectivity index (χ4v) is 7.92. The lowest BCUT2D eigenvalue weighted by atomic mass is 9.88. The van der Waals surface area contributed by atoms with Crippen molar-refractivity contribution in [1.82, 2.24) is 9.80 Å². The van der Waals surface area contributed by atoms with E-state index in [1.165, 1.54) is 25.5 Å². The molecule has 1 atom stereocenters. The van der Waals surface area contributed by atoms with E-state index in [1.54, 1.807) is 18.2 Å². The van der Waals surface area contributed by atoms with Crippen LogP contribution in [-0.4, -0.2) is 108 Å². The molecule has 0 saturated carbocycles. The first-order chi connectivity index (χ1) is 26.6. The number of carbonyl (C=O) groups excluding carboxylic acids is 2. The van der Waals surface area contributed by atoms with Crippen molar-refractivity contribution in [2.24, 2.45) is 0 Å². The molecule has 3 aliphatic heterocycles. The van der Waals surface area contributed by atoms with Crippen molar-refractivity contribution < 1.29 is 55.2 Å². The summed E-state index contributed by atoms with van der Waals surface area (Å²) in [7, 11) is -5.64. The Morgan fingerprint density at radius 3 is 2.07 bits per heavy atom. The number of fused-ring (bicyclic) bond motifs is 2. The number of halogens is 1. The van der Waals surface area contributed by atoms with Gasteiger partial charge < -0.3 is 33.7 Å². The average molecular weight is 876 g/mol. The summed E-state index contributed by atoms with van der Waals surface area (Å²) in [6, 6.07) is 14.0. The van der Waals surface area contributed by atoms with Gasteiger partial charge >= 0.3 is 11.9 Å². The van der Waals surface area contributed by atoms with Crippen molar-refractivity contribution in [3.05, 3.63) is 98.2 Å². The van der Waals surface area contributed by atoms with Gasteiger partial charge in [0.15, 0.2) is 42.7 Å². The third-order valence-electron chi connectivity index (χ3n) is 9.50. The third-order valence-corrected chi connectivity index (χ3v) is 12.1. The maximum absolute atomic E-state index is 14.1. The number of sulfone groups is 2. The minimum Gasteiger partial charge on any atom is -0.504 e. The minimum atomic E-state index is -3.53. The topological polar surface area (TPSA) is 175 Å². The van der Waals surface area contributed by atoms with Crippen LogP contribution in [0.4, 0.5) is 0 Å². The molecule has 14 nitrogen and oxygen atoms in total. The minimum absolute atomic E-state index is 0.0387. The molecule has 6 rings (SSSR count). The number of esters is 2. The number of carbonyl (C=O) groups is 2. The molecule has 0 amide bonds. The summed E-state index contributed by atoms with van der Waals surface area (Å²) in [6.07, 6.45) is 7.13. The molecule has 0 aliphatic carbocycles. The third kappa shape index (κ3) is 10.2. The molecule has 17 heteroatoms. The maximum atomic E-state index is 14.1. The second kappa shape index (κ2) is 17.3. The Labute approximate surface area is 334 Å². The van der Waals surface area contributed by atoms with Crippen molar-refractivity contribution in [2.75, 3.05) is 64.2 Å². The van der Waals surface area contributed by atoms with Crippen LogP contribution in [-0.2, 0) is 51.8 Å². The summed E-state index contributed by atoms with van der Waals surface area (Å²) >= 11 is 3.66. The van der Waals surface area contributed by atoms with Crippen molar-refractivity contribution >= 4 is 53.6 Å². The van der Waals surface area contributed by atoms with Crippen LogP contribution in [0.5, 0.6) is 23.0 Å². The molecule has 1 N–H and O–H groups in total. The number of likely N-dealkylation sites (tertiary alicyclic amines) is 1. The Kier molecular flexibility index (Phi) is 12.7. The molecule has 0 spiro atoms. The molecule has 3 heterocycles. The summed E-state index contributed by atoms with van der Waals surface area (Å²) < 4.78 is 76.1. The van der Waals surface area contributed by atoms with Crippen LogP contribution in [0, 0.1) is 0 Å². The molecule has 56 heavy (non-hydrogen) atoms. The number of ether oxygens (including phenoxy) is 5. The van der Waals surface area contributed by atoms with E-state index in [1.807, 2.05) is 29.2 Å². The van der Waals surface area contributed by atoms with Gasteiger partial charge in [0.25, 0.3) is 0 Å². The van der Waals surface area contributed by atoms with Crippen molar-refractivity contribution in [1.29, 1.82) is 0 Å². The van der Waals surface area contributed by atoms with Gasteiger partial charge in [0.1, 0.15) is 13.2 Å². The molecule has 0 aromatic heterocycles. The first-order valence-electron chi connectivity index (χ1n) is 17.8. The van der Waals surface area contributed by atoms with E-state index in [4.69, 9.17) is 23.7 Å². The highest BCUT2D eigenvalue weighted by Crippen LogP contribution is 2.44. The quantitative estimate of drug-likeness (QED) is 0.224. The summed E-state index contributed by atoms with van der Waals surface area (Å²) in [4.78, 5) is 32.2. The van der Waals surface area contributed by atoms with Gasteiger partial charge in [-0.15, -0.1) is 0 Å². The van der Waals surface area contributed by atoms with Crippen LogP contribution in [0.25, 0.3) is 6.08 Å². The van der Waals surface area contributed by atoms with Crippen LogP contribution in [0.1, 0.15) is 46.7 Å². The molecular formula is C39H43BrN2O12S2. The normalized spacial score (nSPS) is 17.0. The molecule has 1 fully saturated rings. The number of benzene rings is 3. The molecule has 3 aliphatic rings. The first-order valence-corrected chi connectivity index (χ1v) is 22.7. The highest BCUT2D eigenvalue weighted by molar-refractivity contribution is 9.10. The van der Waals surface area contributed by atoms with Crippen molar-refractivity contribution in [2.45, 2.75) is 32.0 Å². The fraction of sp³-hybridized carbons (Fsp3) is 0.385. The van der Waals surface area contributed by atoms with Crippen molar-refractivity contribution in [3.8, 4) is 23.0 Å². The fourth-order valence-electron chi connectivity index (χ4n) is 6.70. The summed E-state index contributed by atoms with van der Waals surface area (Å²) in [6.45, 7) is 1.96. The Morgan fingerprint density at radius 1 is 0.857 bits per heavy atom. The zero-order valence-electron chi connectivity index (χ0n) is 31.2. The van der Waals surface area contributed by atoms with Gasteiger partial charge in [-0.2, -0.15) is 0 Å². The zero-order valence-corrected chi connectivity index (χ0v) is 34.4. The zero-order chi connectivity index (χ0) is 40.2. The lowest BCUT2D eigenvalue weighted by molar-refractivity contribution is -0.142. The van der Waals surface area contributed by atoms with E-state index >= 15 is 0 Å². The standard InChI is InChI=1S/C39H43BrN2O12S2/c1-50-34-19-29-27(17-33(34)43)16-30(38(44)51-12-14-55(2,46)47)31(39(45)52-13-15-56(3,48)49)23-42(22-28-18-35-36(20-32(28)40)54-24-53-35)37(29)26-8-6-25(7-9-26)21-41-10-4-5-11-41/h6-9,16-20,23,37,43H,4-5,10-15,21-22,24H2,1-3H3. The summed E-state index contributed by atoms with van der Waals surface area (Å²) in [5, 5.41) is 11.1. The first kappa shape index (κ1) is 41.1. The Balaban J connectivity index is 1.55. The van der Waals surface area contributed by atoms with Gasteiger partial charge in [-0.05, 0) is 84.1 Å². The van der Waals surface area contributed by atoms with E-state index in [2.05, 4.69) is 20.8 Å². The van der Waals surface area contributed by atoms with Gasteiger partial charge in [0.2, 0.25) is 6.79 Å². The molecule has 0 bridgehead atoms. The van der Waals surface area contributed by atoms with Gasteiger partial charge in [-0.25, -0.2) is 26.4 Å². The van der Waals surface area contributed by atoms with E-state index in [0.29, 0.717) is 32.7 Å². The van der Waals surface area contributed by atoms with Gasteiger partial charge in [-0.3, -0.25) is 4.90 Å². The molecule has 0 radical (unpaired) electrons. The number of methoxy groups -OCH3 is 1. The highest BCUT2D eigenvalue weighted by atomic mass is 79.9. The Hall–Kier alpha value is -4.58. The Morgan fingerprint density at radius 2 is 1.46 bits per heavy atom. The smallest absolute Gasteiger partial charge is 0.340 e. The van der Waals surface area contributed by atoms with Gasteiger partial charge in [0, 0.05) is 36.3 Å². The number of hydrogen-bond donors (Lipinski definition) is 1. The molecule has 3 aromatic carbocycles. The molecule has 1 saturated heterocycles. The number of rotatable bonds is 14. The molecular weight excluding hydrogens is 832 g/mol. The molecule has 1 unspecified atom stereocenters. The van der Waals surface area contributed by atoms with Crippen LogP contribution in [0.3, 0.4) is 0 Å². The molecule has 300 valence electrons. The second-order valence-corrected chi connectivity index (χ2v) is 19.3. The van der Waals surface area contributed by atoms with E-state index < -0.39 is 62.4 Å². The van der Waals surface area contributed by atoms with Crippen LogP contribution in [0.15, 0.2) is 70.3 Å². The average Bonchev–Trinajstić information content (AvgIpc) is 3.81. The largest absolute Gasteiger partial charge is 0.504 e. The Bertz CT molecular complexity index is 2270. The lowest BCUT2D eigenvalue weighted by Gasteiger charge is -2.35. The second-order valence-electron chi connectivity index (χ2n) is 13.9. The number of aromatic hydroxyl groups is 1. The number of hydrogen-bond acceptors (Lipinski definition) is 14. The predicted octanol–water partition coefficient (Wildman–Crippen LogP) is 4.54. The number of nitrogens with zero attached hydrogens (tertiary/aromatic N) is 2.